The van der Waals surface area contributed by atoms with Gasteiger partial charge in [-0.05, 0) is 37.1 Å². The fraction of sp³-hybridized carbons (Fsp3) is 0.250. The molecule has 1 atom stereocenters. The highest BCUT2D eigenvalue weighted by Crippen LogP contribution is 2.30. The fourth-order valence-electron chi connectivity index (χ4n) is 1.89. The van der Waals surface area contributed by atoms with E-state index in [-0.39, 0.29) is 6.04 Å². The minimum absolute atomic E-state index is 0.108. The van der Waals surface area contributed by atoms with Crippen LogP contribution in [0.2, 0.25) is 5.02 Å². The van der Waals surface area contributed by atoms with Crippen molar-refractivity contribution < 1.29 is 4.74 Å². The second-order valence-electron chi connectivity index (χ2n) is 4.70. The molecular weight excluding hydrogens is 258 g/mol. The summed E-state index contributed by atoms with van der Waals surface area (Å²) >= 11 is 6.14. The lowest BCUT2D eigenvalue weighted by Crippen LogP contribution is -2.08. The van der Waals surface area contributed by atoms with Gasteiger partial charge in [0.1, 0.15) is 12.4 Å². The van der Waals surface area contributed by atoms with E-state index in [1.54, 1.807) is 0 Å². The largest absolute Gasteiger partial charge is 0.489 e. The Morgan fingerprint density at radius 2 is 1.89 bits per heavy atom. The lowest BCUT2D eigenvalue weighted by atomic mass is 10.1. The van der Waals surface area contributed by atoms with Crippen molar-refractivity contribution in [2.45, 2.75) is 26.5 Å². The zero-order valence-corrected chi connectivity index (χ0v) is 11.9. The normalized spacial score (nSPS) is 12.2. The third-order valence-electron chi connectivity index (χ3n) is 3.02. The Labute approximate surface area is 119 Å². The highest BCUT2D eigenvalue weighted by Gasteiger charge is 2.11. The summed E-state index contributed by atoms with van der Waals surface area (Å²) in [5.74, 6) is 0.806. The Balaban J connectivity index is 2.22. The molecule has 0 amide bonds. The topological polar surface area (TPSA) is 35.2 Å². The predicted molar refractivity (Wildman–Crippen MR) is 79.6 cm³/mol. The standard InChI is InChI=1S/C16H18ClNO/c1-11-8-16(14(12(2)18)9-15(11)17)19-10-13-6-4-3-5-7-13/h3-9,12H,10,18H2,1-2H3. The van der Waals surface area contributed by atoms with Crippen LogP contribution >= 0.6 is 11.6 Å². The van der Waals surface area contributed by atoms with Crippen LogP contribution in [0, 0.1) is 6.92 Å². The van der Waals surface area contributed by atoms with Crippen molar-refractivity contribution in [3.63, 3.8) is 0 Å². The van der Waals surface area contributed by atoms with Gasteiger partial charge >= 0.3 is 0 Å². The molecule has 2 aromatic carbocycles. The van der Waals surface area contributed by atoms with Gasteiger partial charge in [-0.2, -0.15) is 0 Å². The van der Waals surface area contributed by atoms with Gasteiger partial charge in [0, 0.05) is 16.6 Å². The van der Waals surface area contributed by atoms with E-state index in [0.717, 1.165) is 27.5 Å². The fourth-order valence-corrected chi connectivity index (χ4v) is 2.06. The van der Waals surface area contributed by atoms with Gasteiger partial charge in [-0.3, -0.25) is 0 Å². The zero-order valence-electron chi connectivity index (χ0n) is 11.2. The summed E-state index contributed by atoms with van der Waals surface area (Å²) in [6.07, 6.45) is 0. The molecule has 3 heteroatoms. The van der Waals surface area contributed by atoms with Crippen LogP contribution in [-0.4, -0.2) is 0 Å². The quantitative estimate of drug-likeness (QED) is 0.905. The highest BCUT2D eigenvalue weighted by atomic mass is 35.5. The number of nitrogens with two attached hydrogens (primary N) is 1. The van der Waals surface area contributed by atoms with Gasteiger partial charge in [0.15, 0.2) is 0 Å². The molecule has 0 spiro atoms. The van der Waals surface area contributed by atoms with Gasteiger partial charge in [0.2, 0.25) is 0 Å². The van der Waals surface area contributed by atoms with Gasteiger partial charge in [-0.15, -0.1) is 0 Å². The first kappa shape index (κ1) is 13.9. The maximum Gasteiger partial charge on any atom is 0.124 e. The van der Waals surface area contributed by atoms with Crippen LogP contribution in [0.5, 0.6) is 5.75 Å². The van der Waals surface area contributed by atoms with E-state index >= 15 is 0 Å². The summed E-state index contributed by atoms with van der Waals surface area (Å²) in [5, 5.41) is 0.722. The lowest BCUT2D eigenvalue weighted by molar-refractivity contribution is 0.301. The molecule has 0 aliphatic heterocycles. The van der Waals surface area contributed by atoms with Gasteiger partial charge in [0.05, 0.1) is 0 Å². The molecule has 0 radical (unpaired) electrons. The monoisotopic (exact) mass is 275 g/mol. The van der Waals surface area contributed by atoms with E-state index < -0.39 is 0 Å². The number of hydrogen-bond acceptors (Lipinski definition) is 2. The first-order chi connectivity index (χ1) is 9.08. The Bertz CT molecular complexity index is 552. The maximum atomic E-state index is 6.14. The van der Waals surface area contributed by atoms with Crippen LogP contribution in [-0.2, 0) is 6.61 Å². The molecule has 2 nitrogen and oxygen atoms in total. The molecule has 0 fully saturated rings. The van der Waals surface area contributed by atoms with Crippen LogP contribution in [0.4, 0.5) is 0 Å². The minimum atomic E-state index is -0.108. The van der Waals surface area contributed by atoms with E-state index in [2.05, 4.69) is 0 Å². The van der Waals surface area contributed by atoms with Crippen molar-refractivity contribution in [3.05, 3.63) is 64.2 Å². The summed E-state index contributed by atoms with van der Waals surface area (Å²) in [6.45, 7) is 4.42. The number of ether oxygens (including phenoxy) is 1. The van der Waals surface area contributed by atoms with E-state index in [0.29, 0.717) is 6.61 Å². The van der Waals surface area contributed by atoms with Crippen molar-refractivity contribution in [1.29, 1.82) is 0 Å². The lowest BCUT2D eigenvalue weighted by Gasteiger charge is -2.16. The number of hydrogen-bond donors (Lipinski definition) is 1. The third kappa shape index (κ3) is 3.49. The van der Waals surface area contributed by atoms with Crippen LogP contribution in [0.15, 0.2) is 42.5 Å². The van der Waals surface area contributed by atoms with E-state index in [1.807, 2.05) is 56.3 Å². The number of rotatable bonds is 4. The average molecular weight is 276 g/mol. The molecule has 0 saturated heterocycles. The van der Waals surface area contributed by atoms with Crippen molar-refractivity contribution >= 4 is 11.6 Å². The van der Waals surface area contributed by atoms with Crippen molar-refractivity contribution in [2.75, 3.05) is 0 Å². The molecule has 0 aliphatic carbocycles. The predicted octanol–water partition coefficient (Wildman–Crippen LogP) is 4.25. The second kappa shape index (κ2) is 6.09. The van der Waals surface area contributed by atoms with Crippen LogP contribution in [0.1, 0.15) is 29.7 Å². The van der Waals surface area contributed by atoms with E-state index in [1.165, 1.54) is 0 Å². The van der Waals surface area contributed by atoms with Crippen molar-refractivity contribution in [1.82, 2.24) is 0 Å². The molecule has 2 aromatic rings. The molecule has 19 heavy (non-hydrogen) atoms. The second-order valence-corrected chi connectivity index (χ2v) is 5.11. The molecular formula is C16H18ClNO. The average Bonchev–Trinajstić information content (AvgIpc) is 2.40. The molecule has 2 rings (SSSR count). The van der Waals surface area contributed by atoms with Gasteiger partial charge in [0.25, 0.3) is 0 Å². The van der Waals surface area contributed by atoms with Gasteiger partial charge in [-0.25, -0.2) is 0 Å². The third-order valence-corrected chi connectivity index (χ3v) is 3.43. The number of benzene rings is 2. The summed E-state index contributed by atoms with van der Waals surface area (Å²) < 4.78 is 5.88. The Kier molecular flexibility index (Phi) is 4.46. The summed E-state index contributed by atoms with van der Waals surface area (Å²) in [6, 6.07) is 13.8. The van der Waals surface area contributed by atoms with E-state index in [4.69, 9.17) is 22.1 Å². The molecule has 0 aliphatic rings. The number of halogens is 1. The van der Waals surface area contributed by atoms with Gasteiger partial charge in [-0.1, -0.05) is 41.9 Å². The Morgan fingerprint density at radius 1 is 1.21 bits per heavy atom. The van der Waals surface area contributed by atoms with Crippen molar-refractivity contribution in [3.8, 4) is 5.75 Å². The number of aryl methyl sites for hydroxylation is 1. The van der Waals surface area contributed by atoms with Crippen LogP contribution in [0.3, 0.4) is 0 Å². The Morgan fingerprint density at radius 3 is 2.53 bits per heavy atom. The molecule has 2 N–H and O–H groups in total. The minimum Gasteiger partial charge on any atom is -0.489 e. The molecule has 100 valence electrons. The van der Waals surface area contributed by atoms with Crippen LogP contribution < -0.4 is 10.5 Å². The van der Waals surface area contributed by atoms with Gasteiger partial charge < -0.3 is 10.5 Å². The highest BCUT2D eigenvalue weighted by molar-refractivity contribution is 6.31. The summed E-state index contributed by atoms with van der Waals surface area (Å²) in [7, 11) is 0. The Hall–Kier alpha value is -1.51. The summed E-state index contributed by atoms with van der Waals surface area (Å²) in [4.78, 5) is 0. The van der Waals surface area contributed by atoms with Crippen molar-refractivity contribution in [2.24, 2.45) is 5.73 Å². The molecule has 0 aromatic heterocycles. The smallest absolute Gasteiger partial charge is 0.124 e. The van der Waals surface area contributed by atoms with E-state index in [9.17, 15) is 0 Å². The first-order valence-corrected chi connectivity index (χ1v) is 6.68. The maximum absolute atomic E-state index is 6.14. The SMILES string of the molecule is Cc1cc(OCc2ccccc2)c(C(C)N)cc1Cl. The summed E-state index contributed by atoms with van der Waals surface area (Å²) in [5.41, 5.74) is 9.03. The molecule has 0 heterocycles. The molecule has 0 bridgehead atoms. The van der Waals surface area contributed by atoms with Crippen LogP contribution in [0.25, 0.3) is 0 Å². The molecule has 1 unspecified atom stereocenters. The first-order valence-electron chi connectivity index (χ1n) is 6.30. The zero-order chi connectivity index (χ0) is 13.8. The molecule has 0 saturated carbocycles.